The van der Waals surface area contributed by atoms with Crippen molar-refractivity contribution in [2.45, 2.75) is 6.10 Å². The zero-order valence-electron chi connectivity index (χ0n) is 7.53. The number of aryl methyl sites for hydroxylation is 1. The lowest BCUT2D eigenvalue weighted by molar-refractivity contribution is 0.416. The summed E-state index contributed by atoms with van der Waals surface area (Å²) < 4.78 is 7.38. The number of nitrogens with zero attached hydrogens (tertiary/aromatic N) is 1. The van der Waals surface area contributed by atoms with Crippen molar-refractivity contribution in [2.75, 3.05) is 6.61 Å². The van der Waals surface area contributed by atoms with Gasteiger partial charge in [-0.3, -0.25) is 0 Å². The molecular formula is C11H11NO. The van der Waals surface area contributed by atoms with Gasteiger partial charge < -0.3 is 9.30 Å². The monoisotopic (exact) mass is 173 g/mol. The third-order valence-corrected chi connectivity index (χ3v) is 2.61. The quantitative estimate of drug-likeness (QED) is 0.604. The average Bonchev–Trinajstić information content (AvgIpc) is 2.93. The van der Waals surface area contributed by atoms with Crippen LogP contribution in [0.15, 0.2) is 30.5 Å². The molecule has 0 saturated carbocycles. The van der Waals surface area contributed by atoms with E-state index in [2.05, 4.69) is 42.1 Å². The minimum Gasteiger partial charge on any atom is -0.368 e. The van der Waals surface area contributed by atoms with Crippen LogP contribution in [0.4, 0.5) is 0 Å². The molecular weight excluding hydrogens is 162 g/mol. The van der Waals surface area contributed by atoms with Gasteiger partial charge in [0.2, 0.25) is 0 Å². The second-order valence-electron chi connectivity index (χ2n) is 3.57. The predicted octanol–water partition coefficient (Wildman–Crippen LogP) is 2.25. The van der Waals surface area contributed by atoms with Gasteiger partial charge in [-0.15, -0.1) is 0 Å². The van der Waals surface area contributed by atoms with Crippen LogP contribution in [0.5, 0.6) is 0 Å². The van der Waals surface area contributed by atoms with Gasteiger partial charge in [-0.25, -0.2) is 0 Å². The maximum absolute atomic E-state index is 5.24. The Bertz CT molecular complexity index is 454. The van der Waals surface area contributed by atoms with Crippen molar-refractivity contribution in [1.82, 2.24) is 4.57 Å². The molecule has 2 nitrogen and oxygen atoms in total. The van der Waals surface area contributed by atoms with Crippen molar-refractivity contribution in [3.8, 4) is 0 Å². The average molecular weight is 173 g/mol. The Hall–Kier alpha value is -1.28. The second kappa shape index (κ2) is 2.36. The van der Waals surface area contributed by atoms with Crippen LogP contribution in [0.2, 0.25) is 0 Å². The number of hydrogen-bond acceptors (Lipinski definition) is 1. The lowest BCUT2D eigenvalue weighted by atomic mass is 10.1. The topological polar surface area (TPSA) is 17.5 Å². The summed E-state index contributed by atoms with van der Waals surface area (Å²) in [6.07, 6.45) is 2.45. The molecule has 0 aliphatic carbocycles. The molecule has 0 radical (unpaired) electrons. The maximum Gasteiger partial charge on any atom is 0.106 e. The third kappa shape index (κ3) is 1.06. The molecule has 1 aliphatic rings. The molecule has 0 N–H and O–H groups in total. The molecule has 1 atom stereocenters. The van der Waals surface area contributed by atoms with Crippen molar-refractivity contribution < 1.29 is 4.74 Å². The highest BCUT2D eigenvalue weighted by molar-refractivity contribution is 5.80. The van der Waals surface area contributed by atoms with E-state index in [0.29, 0.717) is 6.10 Å². The molecule has 3 rings (SSSR count). The summed E-state index contributed by atoms with van der Waals surface area (Å²) >= 11 is 0. The minimum absolute atomic E-state index is 0.365. The molecule has 1 fully saturated rings. The number of rotatable bonds is 1. The van der Waals surface area contributed by atoms with E-state index in [9.17, 15) is 0 Å². The van der Waals surface area contributed by atoms with Crippen LogP contribution in [0.1, 0.15) is 11.7 Å². The predicted molar refractivity (Wildman–Crippen MR) is 51.6 cm³/mol. The summed E-state index contributed by atoms with van der Waals surface area (Å²) in [5.74, 6) is 0. The first-order valence-electron chi connectivity index (χ1n) is 4.51. The lowest BCUT2D eigenvalue weighted by Crippen LogP contribution is -1.84. The van der Waals surface area contributed by atoms with Crippen molar-refractivity contribution in [3.63, 3.8) is 0 Å². The van der Waals surface area contributed by atoms with Gasteiger partial charge in [-0.05, 0) is 29.1 Å². The Morgan fingerprint density at radius 3 is 3.00 bits per heavy atom. The molecule has 66 valence electrons. The molecule has 1 aromatic heterocycles. The van der Waals surface area contributed by atoms with Crippen LogP contribution in [-0.4, -0.2) is 11.2 Å². The van der Waals surface area contributed by atoms with Crippen LogP contribution in [0, 0.1) is 0 Å². The van der Waals surface area contributed by atoms with E-state index in [-0.39, 0.29) is 0 Å². The summed E-state index contributed by atoms with van der Waals surface area (Å²) in [5, 5.41) is 1.30. The standard InChI is InChI=1S/C11H11NO/c1-12-5-4-8-6-9(11-7-13-11)2-3-10(8)12/h2-6,11H,7H2,1H3/t11-/m0/s1. The molecule has 2 heteroatoms. The molecule has 0 bridgehead atoms. The summed E-state index contributed by atoms with van der Waals surface area (Å²) in [6.45, 7) is 0.887. The highest BCUT2D eigenvalue weighted by Crippen LogP contribution is 2.31. The summed E-state index contributed by atoms with van der Waals surface area (Å²) in [7, 11) is 2.07. The van der Waals surface area contributed by atoms with E-state index in [1.807, 2.05) is 0 Å². The Labute approximate surface area is 76.7 Å². The first-order valence-corrected chi connectivity index (χ1v) is 4.51. The molecule has 13 heavy (non-hydrogen) atoms. The first kappa shape index (κ1) is 7.15. The van der Waals surface area contributed by atoms with Crippen LogP contribution in [0.25, 0.3) is 10.9 Å². The zero-order valence-corrected chi connectivity index (χ0v) is 7.53. The fraction of sp³-hybridized carbons (Fsp3) is 0.273. The summed E-state index contributed by atoms with van der Waals surface area (Å²) in [6, 6.07) is 8.67. The van der Waals surface area contributed by atoms with Gasteiger partial charge in [0.1, 0.15) is 6.10 Å². The highest BCUT2D eigenvalue weighted by atomic mass is 16.6. The number of epoxide rings is 1. The van der Waals surface area contributed by atoms with Gasteiger partial charge in [-0.2, -0.15) is 0 Å². The fourth-order valence-corrected chi connectivity index (χ4v) is 1.74. The molecule has 0 spiro atoms. The molecule has 1 saturated heterocycles. The van der Waals surface area contributed by atoms with Gasteiger partial charge in [0.15, 0.2) is 0 Å². The van der Waals surface area contributed by atoms with Crippen molar-refractivity contribution in [2.24, 2.45) is 7.05 Å². The van der Waals surface area contributed by atoms with Crippen molar-refractivity contribution >= 4 is 10.9 Å². The molecule has 1 aromatic carbocycles. The molecule has 2 heterocycles. The number of ether oxygens (including phenoxy) is 1. The van der Waals surface area contributed by atoms with Gasteiger partial charge in [-0.1, -0.05) is 6.07 Å². The Morgan fingerprint density at radius 2 is 2.23 bits per heavy atom. The molecule has 0 unspecified atom stereocenters. The van der Waals surface area contributed by atoms with Crippen LogP contribution < -0.4 is 0 Å². The normalized spacial score (nSPS) is 20.8. The summed E-state index contributed by atoms with van der Waals surface area (Å²) in [4.78, 5) is 0. The lowest BCUT2D eigenvalue weighted by Gasteiger charge is -1.98. The largest absolute Gasteiger partial charge is 0.368 e. The van der Waals surface area contributed by atoms with E-state index in [0.717, 1.165) is 6.61 Å². The Balaban J connectivity index is 2.21. The fourth-order valence-electron chi connectivity index (χ4n) is 1.74. The Kier molecular flexibility index (Phi) is 1.30. The van der Waals surface area contributed by atoms with E-state index in [1.165, 1.54) is 16.5 Å². The van der Waals surface area contributed by atoms with Gasteiger partial charge in [0, 0.05) is 18.8 Å². The van der Waals surface area contributed by atoms with E-state index < -0.39 is 0 Å². The highest BCUT2D eigenvalue weighted by Gasteiger charge is 2.24. The van der Waals surface area contributed by atoms with Crippen LogP contribution in [0.3, 0.4) is 0 Å². The second-order valence-corrected chi connectivity index (χ2v) is 3.57. The van der Waals surface area contributed by atoms with E-state index >= 15 is 0 Å². The van der Waals surface area contributed by atoms with Gasteiger partial charge >= 0.3 is 0 Å². The van der Waals surface area contributed by atoms with Gasteiger partial charge in [0.25, 0.3) is 0 Å². The van der Waals surface area contributed by atoms with Crippen molar-refractivity contribution in [3.05, 3.63) is 36.0 Å². The SMILES string of the molecule is Cn1ccc2cc([C@@H]3CO3)ccc21. The number of aromatic nitrogens is 1. The maximum atomic E-state index is 5.24. The number of benzene rings is 1. The Morgan fingerprint density at radius 1 is 1.38 bits per heavy atom. The smallest absolute Gasteiger partial charge is 0.106 e. The van der Waals surface area contributed by atoms with Crippen LogP contribution >= 0.6 is 0 Å². The number of hydrogen-bond donors (Lipinski definition) is 0. The molecule has 0 amide bonds. The van der Waals surface area contributed by atoms with E-state index in [1.54, 1.807) is 0 Å². The third-order valence-electron chi connectivity index (χ3n) is 2.61. The summed E-state index contributed by atoms with van der Waals surface area (Å²) in [5.41, 5.74) is 2.59. The number of fused-ring (bicyclic) bond motifs is 1. The van der Waals surface area contributed by atoms with Crippen LogP contribution in [-0.2, 0) is 11.8 Å². The van der Waals surface area contributed by atoms with Crippen molar-refractivity contribution in [1.29, 1.82) is 0 Å². The molecule has 2 aromatic rings. The minimum atomic E-state index is 0.365. The first-order chi connectivity index (χ1) is 6.34. The van der Waals surface area contributed by atoms with Gasteiger partial charge in [0.05, 0.1) is 6.61 Å². The molecule has 1 aliphatic heterocycles. The zero-order chi connectivity index (χ0) is 8.84. The van der Waals surface area contributed by atoms with E-state index in [4.69, 9.17) is 4.74 Å².